The smallest absolute Gasteiger partial charge is 0.260 e. The van der Waals surface area contributed by atoms with Crippen molar-refractivity contribution in [1.29, 1.82) is 0 Å². The second kappa shape index (κ2) is 6.84. The average Bonchev–Trinajstić information content (AvgIpc) is 3.21. The van der Waals surface area contributed by atoms with Gasteiger partial charge in [-0.3, -0.25) is 4.31 Å². The van der Waals surface area contributed by atoms with Crippen molar-refractivity contribution in [2.75, 3.05) is 10.1 Å². The van der Waals surface area contributed by atoms with E-state index in [2.05, 4.69) is 27.6 Å². The fourth-order valence-corrected chi connectivity index (χ4v) is 6.31. The Labute approximate surface area is 177 Å². The van der Waals surface area contributed by atoms with Crippen LogP contribution in [0.4, 0.5) is 18.9 Å². The first-order valence-corrected chi connectivity index (χ1v) is 11.9. The summed E-state index contributed by atoms with van der Waals surface area (Å²) in [5.41, 5.74) is 0.972. The standard InChI is InChI=1S/C18H14F3IN2O2S2/c1-2-28(25,26)24-14-5-4-12(22)7-10(14)8-15(24)17-23-13-9-11(18(19,20)21)3-6-16(13)27-17/h3-7,9,15H,2,8H2,1H3/t15-/m0/s1. The SMILES string of the molecule is CCS(=O)(=O)N1c2ccc(I)cc2C[C@H]1c1nc2cc(C(F)(F)F)ccc2s1. The summed E-state index contributed by atoms with van der Waals surface area (Å²) in [5.74, 6) is -0.0714. The first-order chi connectivity index (χ1) is 13.1. The molecule has 1 aliphatic rings. The maximum absolute atomic E-state index is 13.0. The van der Waals surface area contributed by atoms with Crippen molar-refractivity contribution in [2.45, 2.75) is 25.6 Å². The van der Waals surface area contributed by atoms with E-state index in [4.69, 9.17) is 0 Å². The van der Waals surface area contributed by atoms with Gasteiger partial charge < -0.3 is 0 Å². The minimum Gasteiger partial charge on any atom is -0.260 e. The zero-order valence-electron chi connectivity index (χ0n) is 14.5. The second-order valence-corrected chi connectivity index (χ2v) is 10.9. The molecule has 4 rings (SSSR count). The van der Waals surface area contributed by atoms with Gasteiger partial charge in [-0.15, -0.1) is 11.3 Å². The third-order valence-corrected chi connectivity index (χ3v) is 8.25. The van der Waals surface area contributed by atoms with Crippen LogP contribution in [0.25, 0.3) is 10.2 Å². The maximum Gasteiger partial charge on any atom is 0.416 e. The highest BCUT2D eigenvalue weighted by molar-refractivity contribution is 14.1. The van der Waals surface area contributed by atoms with Crippen LogP contribution in [-0.4, -0.2) is 19.2 Å². The Morgan fingerprint density at radius 3 is 2.68 bits per heavy atom. The fraction of sp³-hybridized carbons (Fsp3) is 0.278. The number of thiazole rings is 1. The van der Waals surface area contributed by atoms with Gasteiger partial charge in [0.1, 0.15) is 11.0 Å². The van der Waals surface area contributed by atoms with Crippen LogP contribution in [0.15, 0.2) is 36.4 Å². The monoisotopic (exact) mass is 538 g/mol. The Morgan fingerprint density at radius 2 is 2.00 bits per heavy atom. The van der Waals surface area contributed by atoms with Crippen LogP contribution < -0.4 is 4.31 Å². The summed E-state index contributed by atoms with van der Waals surface area (Å²) in [6.45, 7) is 1.57. The topological polar surface area (TPSA) is 50.3 Å². The lowest BCUT2D eigenvalue weighted by molar-refractivity contribution is -0.137. The summed E-state index contributed by atoms with van der Waals surface area (Å²) in [5, 5.41) is 0.498. The Balaban J connectivity index is 1.83. The second-order valence-electron chi connectivity index (χ2n) is 6.42. The van der Waals surface area contributed by atoms with E-state index >= 15 is 0 Å². The molecule has 0 saturated carbocycles. The lowest BCUT2D eigenvalue weighted by atomic mass is 10.1. The van der Waals surface area contributed by atoms with Gasteiger partial charge in [0.15, 0.2) is 0 Å². The van der Waals surface area contributed by atoms with Gasteiger partial charge >= 0.3 is 6.18 Å². The molecule has 0 spiro atoms. The first-order valence-electron chi connectivity index (χ1n) is 8.38. The van der Waals surface area contributed by atoms with Crippen molar-refractivity contribution >= 4 is 59.9 Å². The molecule has 1 atom stereocenters. The number of nitrogens with zero attached hydrogens (tertiary/aromatic N) is 2. The number of fused-ring (bicyclic) bond motifs is 2. The van der Waals surface area contributed by atoms with Gasteiger partial charge in [-0.05, 0) is 71.5 Å². The Hall–Kier alpha value is -1.40. The van der Waals surface area contributed by atoms with Crippen LogP contribution in [0, 0.1) is 3.57 Å². The molecule has 0 radical (unpaired) electrons. The van der Waals surface area contributed by atoms with Gasteiger partial charge in [-0.1, -0.05) is 0 Å². The molecule has 0 bridgehead atoms. The van der Waals surface area contributed by atoms with E-state index in [0.29, 0.717) is 21.8 Å². The molecular weight excluding hydrogens is 524 g/mol. The maximum atomic E-state index is 13.0. The highest BCUT2D eigenvalue weighted by Crippen LogP contribution is 2.45. The molecule has 0 amide bonds. The molecule has 0 N–H and O–H groups in total. The number of anilines is 1. The highest BCUT2D eigenvalue weighted by atomic mass is 127. The lowest BCUT2D eigenvalue weighted by Crippen LogP contribution is -2.33. The number of sulfonamides is 1. The molecule has 10 heteroatoms. The molecule has 0 unspecified atom stereocenters. The van der Waals surface area contributed by atoms with Crippen LogP contribution in [-0.2, 0) is 22.6 Å². The largest absolute Gasteiger partial charge is 0.416 e. The van der Waals surface area contributed by atoms with Crippen LogP contribution >= 0.6 is 33.9 Å². The van der Waals surface area contributed by atoms with Crippen molar-refractivity contribution in [3.63, 3.8) is 0 Å². The molecule has 0 saturated heterocycles. The summed E-state index contributed by atoms with van der Waals surface area (Å²) in [4.78, 5) is 4.38. The summed E-state index contributed by atoms with van der Waals surface area (Å²) >= 11 is 3.40. The van der Waals surface area contributed by atoms with E-state index in [1.165, 1.54) is 21.7 Å². The minimum atomic E-state index is -4.45. The van der Waals surface area contributed by atoms with Crippen LogP contribution in [0.3, 0.4) is 0 Å². The van der Waals surface area contributed by atoms with E-state index in [9.17, 15) is 21.6 Å². The van der Waals surface area contributed by atoms with Gasteiger partial charge in [0, 0.05) is 9.99 Å². The molecule has 4 nitrogen and oxygen atoms in total. The summed E-state index contributed by atoms with van der Waals surface area (Å²) in [6, 6.07) is 8.43. The van der Waals surface area contributed by atoms with Crippen molar-refractivity contribution in [1.82, 2.24) is 4.98 Å². The molecule has 2 heterocycles. The van der Waals surface area contributed by atoms with Gasteiger partial charge in [0.05, 0.1) is 27.2 Å². The van der Waals surface area contributed by atoms with Crippen molar-refractivity contribution in [3.8, 4) is 0 Å². The Bertz CT molecular complexity index is 1180. The number of hydrogen-bond acceptors (Lipinski definition) is 4. The quantitative estimate of drug-likeness (QED) is 0.422. The molecule has 1 aromatic heterocycles. The Morgan fingerprint density at radius 1 is 1.25 bits per heavy atom. The van der Waals surface area contributed by atoms with Crippen molar-refractivity contribution < 1.29 is 21.6 Å². The number of aromatic nitrogens is 1. The lowest BCUT2D eigenvalue weighted by Gasteiger charge is -2.25. The number of benzene rings is 2. The predicted molar refractivity (Wildman–Crippen MR) is 112 cm³/mol. The molecule has 3 aromatic rings. The molecule has 1 aliphatic heterocycles. The van der Waals surface area contributed by atoms with E-state index < -0.39 is 27.8 Å². The van der Waals surface area contributed by atoms with E-state index in [1.54, 1.807) is 13.0 Å². The van der Waals surface area contributed by atoms with E-state index in [0.717, 1.165) is 21.3 Å². The Kier molecular flexibility index (Phi) is 4.86. The molecule has 2 aromatic carbocycles. The van der Waals surface area contributed by atoms with Crippen LogP contribution in [0.1, 0.15) is 29.1 Å². The number of hydrogen-bond donors (Lipinski definition) is 0. The van der Waals surface area contributed by atoms with Crippen molar-refractivity contribution in [2.24, 2.45) is 0 Å². The molecular formula is C18H14F3IN2O2S2. The third kappa shape index (κ3) is 3.39. The van der Waals surface area contributed by atoms with Crippen LogP contribution in [0.5, 0.6) is 0 Å². The van der Waals surface area contributed by atoms with E-state index in [1.807, 2.05) is 12.1 Å². The van der Waals surface area contributed by atoms with Gasteiger partial charge in [-0.25, -0.2) is 13.4 Å². The van der Waals surface area contributed by atoms with Gasteiger partial charge in [0.25, 0.3) is 0 Å². The highest BCUT2D eigenvalue weighted by Gasteiger charge is 2.39. The fourth-order valence-electron chi connectivity index (χ4n) is 3.33. The third-order valence-electron chi connectivity index (χ3n) is 4.66. The normalized spacial score (nSPS) is 17.3. The number of halogens is 4. The zero-order chi connectivity index (χ0) is 20.3. The zero-order valence-corrected chi connectivity index (χ0v) is 18.3. The average molecular weight is 538 g/mol. The van der Waals surface area contributed by atoms with Gasteiger partial charge in [-0.2, -0.15) is 13.2 Å². The summed E-state index contributed by atoms with van der Waals surface area (Å²) < 4.78 is 67.5. The molecule has 148 valence electrons. The summed E-state index contributed by atoms with van der Waals surface area (Å²) in [7, 11) is -3.57. The molecule has 0 aliphatic carbocycles. The number of rotatable bonds is 3. The van der Waals surface area contributed by atoms with Gasteiger partial charge in [0.2, 0.25) is 10.0 Å². The van der Waals surface area contributed by atoms with E-state index in [-0.39, 0.29) is 11.3 Å². The molecule has 0 fully saturated rings. The molecule has 28 heavy (non-hydrogen) atoms. The van der Waals surface area contributed by atoms with Crippen molar-refractivity contribution in [3.05, 3.63) is 56.1 Å². The summed E-state index contributed by atoms with van der Waals surface area (Å²) in [6.07, 6.45) is -4.01. The number of alkyl halides is 3. The minimum absolute atomic E-state index is 0.0714. The predicted octanol–water partition coefficient (Wildman–Crippen LogP) is 5.37. The first kappa shape index (κ1) is 19.9. The van der Waals surface area contributed by atoms with Crippen LogP contribution in [0.2, 0.25) is 0 Å².